The number of hydrogen-bond donors (Lipinski definition) is 2. The van der Waals surface area contributed by atoms with Crippen LogP contribution in [0, 0.1) is 12.8 Å². The quantitative estimate of drug-likeness (QED) is 0.766. The number of aryl methyl sites for hydroxylation is 1. The number of alkyl halides is 3. The zero-order valence-electron chi connectivity index (χ0n) is 15.8. The molecule has 0 unspecified atom stereocenters. The highest BCUT2D eigenvalue weighted by molar-refractivity contribution is 5.95. The SMILES string of the molecule is COc1c(CNC(=O)c2cc(C)nc(NC(=O)C3CC3)n2)cccc1C(F)(F)F. The largest absolute Gasteiger partial charge is 0.496 e. The number of methoxy groups -OCH3 is 1. The first-order chi connectivity index (χ1) is 13.7. The zero-order valence-corrected chi connectivity index (χ0v) is 15.8. The van der Waals surface area contributed by atoms with E-state index in [9.17, 15) is 22.8 Å². The minimum atomic E-state index is -4.58. The highest BCUT2D eigenvalue weighted by Gasteiger charge is 2.35. The zero-order chi connectivity index (χ0) is 21.2. The van der Waals surface area contributed by atoms with Gasteiger partial charge in [0.2, 0.25) is 11.9 Å². The Morgan fingerprint density at radius 2 is 1.97 bits per heavy atom. The first-order valence-electron chi connectivity index (χ1n) is 8.87. The monoisotopic (exact) mass is 408 g/mol. The highest BCUT2D eigenvalue weighted by atomic mass is 19.4. The van der Waals surface area contributed by atoms with Crippen LogP contribution in [0.3, 0.4) is 0 Å². The van der Waals surface area contributed by atoms with Crippen LogP contribution in [0.5, 0.6) is 5.75 Å². The number of para-hydroxylation sites is 1. The standard InChI is InChI=1S/C19H19F3N4O3/c1-10-8-14(25-18(24-10)26-16(27)11-6-7-11)17(28)23-9-12-4-3-5-13(15(12)29-2)19(20,21)22/h3-5,8,11H,6-7,9H2,1-2H3,(H,23,28)(H,24,25,26,27). The summed E-state index contributed by atoms with van der Waals surface area (Å²) in [7, 11) is 1.14. The van der Waals surface area contributed by atoms with Crippen LogP contribution in [-0.4, -0.2) is 28.9 Å². The summed E-state index contributed by atoms with van der Waals surface area (Å²) in [6.45, 7) is 1.44. The second-order valence-corrected chi connectivity index (χ2v) is 6.66. The molecule has 7 nitrogen and oxygen atoms in total. The molecule has 1 fully saturated rings. The minimum Gasteiger partial charge on any atom is -0.496 e. The Balaban J connectivity index is 1.74. The van der Waals surface area contributed by atoms with Crippen molar-refractivity contribution in [3.63, 3.8) is 0 Å². The summed E-state index contributed by atoms with van der Waals surface area (Å²) >= 11 is 0. The highest BCUT2D eigenvalue weighted by Crippen LogP contribution is 2.38. The summed E-state index contributed by atoms with van der Waals surface area (Å²) in [5.41, 5.74) is -0.291. The lowest BCUT2D eigenvalue weighted by atomic mass is 10.1. The van der Waals surface area contributed by atoms with Crippen LogP contribution in [0.15, 0.2) is 24.3 Å². The number of ether oxygens (including phenoxy) is 1. The third kappa shape index (κ3) is 5.01. The van der Waals surface area contributed by atoms with Crippen molar-refractivity contribution < 1.29 is 27.5 Å². The van der Waals surface area contributed by atoms with E-state index in [1.54, 1.807) is 6.92 Å². The first kappa shape index (κ1) is 20.6. The maximum absolute atomic E-state index is 13.1. The average Bonchev–Trinajstić information content (AvgIpc) is 3.49. The van der Waals surface area contributed by atoms with Crippen molar-refractivity contribution in [3.8, 4) is 5.75 Å². The Bertz CT molecular complexity index is 943. The average molecular weight is 408 g/mol. The third-order valence-electron chi connectivity index (χ3n) is 4.32. The Kier molecular flexibility index (Phi) is 5.71. The van der Waals surface area contributed by atoms with Gasteiger partial charge in [0.25, 0.3) is 5.91 Å². The van der Waals surface area contributed by atoms with Crippen molar-refractivity contribution in [1.29, 1.82) is 0 Å². The number of carbonyl (C=O) groups excluding carboxylic acids is 2. The van der Waals surface area contributed by atoms with E-state index in [2.05, 4.69) is 20.6 Å². The molecular weight excluding hydrogens is 389 g/mol. The van der Waals surface area contributed by atoms with Gasteiger partial charge in [-0.2, -0.15) is 13.2 Å². The minimum absolute atomic E-state index is 0.00506. The molecule has 1 aromatic carbocycles. The van der Waals surface area contributed by atoms with Gasteiger partial charge in [-0.05, 0) is 31.9 Å². The lowest BCUT2D eigenvalue weighted by molar-refractivity contribution is -0.138. The number of nitrogens with zero attached hydrogens (tertiary/aromatic N) is 2. The molecule has 10 heteroatoms. The Labute approximate surface area is 164 Å². The summed E-state index contributed by atoms with van der Waals surface area (Å²) in [6.07, 6.45) is -2.96. The molecule has 2 aromatic rings. The molecule has 1 saturated carbocycles. The van der Waals surface area contributed by atoms with Crippen molar-refractivity contribution >= 4 is 17.8 Å². The van der Waals surface area contributed by atoms with Gasteiger partial charge in [-0.25, -0.2) is 9.97 Å². The Hall–Kier alpha value is -3.17. The summed E-state index contributed by atoms with van der Waals surface area (Å²) in [5.74, 6) is -1.20. The van der Waals surface area contributed by atoms with Crippen molar-refractivity contribution in [3.05, 3.63) is 46.8 Å². The second kappa shape index (κ2) is 8.06. The third-order valence-corrected chi connectivity index (χ3v) is 4.32. The molecule has 0 saturated heterocycles. The number of amides is 2. The number of nitrogens with one attached hydrogen (secondary N) is 2. The van der Waals surface area contributed by atoms with Crippen LogP contribution in [0.1, 0.15) is 40.2 Å². The number of aromatic nitrogens is 2. The number of benzene rings is 1. The number of rotatable bonds is 6. The molecule has 3 rings (SSSR count). The van der Waals surface area contributed by atoms with Crippen molar-refractivity contribution in [2.75, 3.05) is 12.4 Å². The molecular formula is C19H19F3N4O3. The number of carbonyl (C=O) groups is 2. The molecule has 29 heavy (non-hydrogen) atoms. The van der Waals surface area contributed by atoms with E-state index in [1.807, 2.05) is 0 Å². The van der Waals surface area contributed by atoms with Gasteiger partial charge in [-0.1, -0.05) is 12.1 Å². The summed E-state index contributed by atoms with van der Waals surface area (Å²) in [6, 6.07) is 5.01. The van der Waals surface area contributed by atoms with Crippen LogP contribution >= 0.6 is 0 Å². The van der Waals surface area contributed by atoms with Crippen molar-refractivity contribution in [1.82, 2.24) is 15.3 Å². The molecule has 1 aliphatic carbocycles. The van der Waals surface area contributed by atoms with Gasteiger partial charge in [0.1, 0.15) is 11.4 Å². The number of halogens is 3. The van der Waals surface area contributed by atoms with Crippen LogP contribution in [0.4, 0.5) is 19.1 Å². The molecule has 0 radical (unpaired) electrons. The van der Waals surface area contributed by atoms with Gasteiger partial charge in [-0.15, -0.1) is 0 Å². The van der Waals surface area contributed by atoms with Crippen LogP contribution in [0.25, 0.3) is 0 Å². The lowest BCUT2D eigenvalue weighted by Gasteiger charge is -2.16. The van der Waals surface area contributed by atoms with Crippen molar-refractivity contribution in [2.45, 2.75) is 32.5 Å². The van der Waals surface area contributed by atoms with Gasteiger partial charge in [0.15, 0.2) is 0 Å². The Morgan fingerprint density at radius 3 is 2.59 bits per heavy atom. The molecule has 1 heterocycles. The fourth-order valence-electron chi connectivity index (χ4n) is 2.75. The molecule has 1 aromatic heterocycles. The van der Waals surface area contributed by atoms with Gasteiger partial charge >= 0.3 is 6.18 Å². The fourth-order valence-corrected chi connectivity index (χ4v) is 2.75. The van der Waals surface area contributed by atoms with E-state index in [1.165, 1.54) is 18.2 Å². The van der Waals surface area contributed by atoms with Crippen LogP contribution in [-0.2, 0) is 17.5 Å². The van der Waals surface area contributed by atoms with Crippen LogP contribution < -0.4 is 15.4 Å². The summed E-state index contributed by atoms with van der Waals surface area (Å²) in [5, 5.41) is 5.09. The van der Waals surface area contributed by atoms with E-state index < -0.39 is 17.6 Å². The molecule has 2 N–H and O–H groups in total. The van der Waals surface area contributed by atoms with Gasteiger partial charge < -0.3 is 10.1 Å². The van der Waals surface area contributed by atoms with Crippen molar-refractivity contribution in [2.24, 2.45) is 5.92 Å². The van der Waals surface area contributed by atoms with Gasteiger partial charge in [0, 0.05) is 23.7 Å². The van der Waals surface area contributed by atoms with Gasteiger partial charge in [-0.3, -0.25) is 14.9 Å². The first-order valence-corrected chi connectivity index (χ1v) is 8.87. The molecule has 1 aliphatic rings. The van der Waals surface area contributed by atoms with E-state index in [0.29, 0.717) is 5.69 Å². The summed E-state index contributed by atoms with van der Waals surface area (Å²) < 4.78 is 44.3. The number of anilines is 1. The summed E-state index contributed by atoms with van der Waals surface area (Å²) in [4.78, 5) is 32.4. The van der Waals surface area contributed by atoms with E-state index in [0.717, 1.165) is 26.0 Å². The fraction of sp³-hybridized carbons (Fsp3) is 0.368. The molecule has 0 atom stereocenters. The second-order valence-electron chi connectivity index (χ2n) is 6.66. The van der Waals surface area contributed by atoms with E-state index in [-0.39, 0.29) is 41.3 Å². The van der Waals surface area contributed by atoms with Gasteiger partial charge in [0.05, 0.1) is 12.7 Å². The molecule has 0 aliphatic heterocycles. The molecule has 0 bridgehead atoms. The molecule has 154 valence electrons. The molecule has 2 amide bonds. The topological polar surface area (TPSA) is 93.2 Å². The smallest absolute Gasteiger partial charge is 0.419 e. The number of hydrogen-bond acceptors (Lipinski definition) is 5. The molecule has 0 spiro atoms. The maximum atomic E-state index is 13.1. The predicted octanol–water partition coefficient (Wildman–Crippen LogP) is 3.09. The van der Waals surface area contributed by atoms with E-state index in [4.69, 9.17) is 4.74 Å². The Morgan fingerprint density at radius 1 is 1.24 bits per heavy atom. The lowest BCUT2D eigenvalue weighted by Crippen LogP contribution is -2.26. The van der Waals surface area contributed by atoms with Crippen LogP contribution in [0.2, 0.25) is 0 Å². The maximum Gasteiger partial charge on any atom is 0.419 e. The predicted molar refractivity (Wildman–Crippen MR) is 97.3 cm³/mol. The van der Waals surface area contributed by atoms with E-state index >= 15 is 0 Å². The normalized spacial score (nSPS) is 13.7.